The summed E-state index contributed by atoms with van der Waals surface area (Å²) in [4.78, 5) is 20.2. The molecule has 1 heterocycles. The van der Waals surface area contributed by atoms with Crippen molar-refractivity contribution in [1.29, 1.82) is 0 Å². The first kappa shape index (κ1) is 21.0. The Labute approximate surface area is 161 Å². The highest BCUT2D eigenvalue weighted by molar-refractivity contribution is 5.98. The minimum absolute atomic E-state index is 0.0604. The zero-order valence-corrected chi connectivity index (χ0v) is 15.5. The SMILES string of the molecule is C=N/C(=C\C(=NCC(=O)NCc1ccc(F)cc1F)NNCC)n1cccc1. The number of carbonyl (C=O) groups excluding carboxylic acids is 1. The number of benzene rings is 1. The number of aliphatic imine (C=N–C) groups is 2. The van der Waals surface area contributed by atoms with Crippen LogP contribution in [0, 0.1) is 11.6 Å². The highest BCUT2D eigenvalue weighted by Crippen LogP contribution is 2.09. The minimum atomic E-state index is -0.713. The van der Waals surface area contributed by atoms with Crippen molar-refractivity contribution in [1.82, 2.24) is 20.7 Å². The number of hydrogen-bond donors (Lipinski definition) is 3. The van der Waals surface area contributed by atoms with E-state index >= 15 is 0 Å². The van der Waals surface area contributed by atoms with Crippen LogP contribution in [0.5, 0.6) is 0 Å². The molecule has 0 unspecified atom stereocenters. The summed E-state index contributed by atoms with van der Waals surface area (Å²) < 4.78 is 28.3. The van der Waals surface area contributed by atoms with Crippen LogP contribution in [-0.2, 0) is 11.3 Å². The lowest BCUT2D eigenvalue weighted by Crippen LogP contribution is -2.37. The topological polar surface area (TPSA) is 82.8 Å². The number of aromatic nitrogens is 1. The quantitative estimate of drug-likeness (QED) is 0.350. The maximum absolute atomic E-state index is 13.6. The molecule has 3 N–H and O–H groups in total. The van der Waals surface area contributed by atoms with E-state index in [4.69, 9.17) is 0 Å². The molecular formula is C19H22F2N6O. The Morgan fingerprint density at radius 3 is 2.68 bits per heavy atom. The highest BCUT2D eigenvalue weighted by Gasteiger charge is 2.07. The molecule has 0 fully saturated rings. The van der Waals surface area contributed by atoms with Crippen molar-refractivity contribution in [2.45, 2.75) is 13.5 Å². The van der Waals surface area contributed by atoms with Gasteiger partial charge in [-0.1, -0.05) is 13.0 Å². The Bertz CT molecular complexity index is 861. The molecule has 1 amide bonds. The molecule has 0 radical (unpaired) electrons. The van der Waals surface area contributed by atoms with E-state index in [-0.39, 0.29) is 18.7 Å². The number of carbonyl (C=O) groups is 1. The number of amidine groups is 1. The third-order valence-electron chi connectivity index (χ3n) is 3.57. The Hall–Kier alpha value is -3.33. The van der Waals surface area contributed by atoms with Crippen LogP contribution < -0.4 is 16.2 Å². The second-order valence-corrected chi connectivity index (χ2v) is 5.62. The van der Waals surface area contributed by atoms with Crippen molar-refractivity contribution < 1.29 is 13.6 Å². The van der Waals surface area contributed by atoms with E-state index in [0.717, 1.165) is 12.1 Å². The first-order valence-corrected chi connectivity index (χ1v) is 8.59. The van der Waals surface area contributed by atoms with Gasteiger partial charge >= 0.3 is 0 Å². The van der Waals surface area contributed by atoms with Crippen molar-refractivity contribution in [3.63, 3.8) is 0 Å². The highest BCUT2D eigenvalue weighted by atomic mass is 19.1. The van der Waals surface area contributed by atoms with E-state index in [2.05, 4.69) is 32.9 Å². The van der Waals surface area contributed by atoms with Gasteiger partial charge in [0.05, 0.1) is 0 Å². The molecule has 2 rings (SSSR count). The van der Waals surface area contributed by atoms with Gasteiger partial charge in [-0.2, -0.15) is 0 Å². The molecular weight excluding hydrogens is 366 g/mol. The average molecular weight is 388 g/mol. The first-order valence-electron chi connectivity index (χ1n) is 8.59. The van der Waals surface area contributed by atoms with Crippen LogP contribution in [-0.4, -0.2) is 36.1 Å². The van der Waals surface area contributed by atoms with E-state index in [1.165, 1.54) is 6.07 Å². The van der Waals surface area contributed by atoms with Crippen LogP contribution in [0.25, 0.3) is 5.82 Å². The van der Waals surface area contributed by atoms with Crippen molar-refractivity contribution in [2.75, 3.05) is 13.1 Å². The number of amides is 1. The van der Waals surface area contributed by atoms with Crippen LogP contribution in [0.4, 0.5) is 8.78 Å². The van der Waals surface area contributed by atoms with Crippen LogP contribution >= 0.6 is 0 Å². The predicted molar refractivity (Wildman–Crippen MR) is 106 cm³/mol. The van der Waals surface area contributed by atoms with Gasteiger partial charge in [0.15, 0.2) is 0 Å². The van der Waals surface area contributed by atoms with Gasteiger partial charge in [-0.3, -0.25) is 9.79 Å². The van der Waals surface area contributed by atoms with Gasteiger partial charge in [0.1, 0.15) is 29.8 Å². The molecule has 0 saturated carbocycles. The normalized spacial score (nSPS) is 12.0. The monoisotopic (exact) mass is 388 g/mol. The minimum Gasteiger partial charge on any atom is -0.350 e. The van der Waals surface area contributed by atoms with E-state index in [1.807, 2.05) is 19.1 Å². The number of nitrogens with one attached hydrogen (secondary N) is 3. The molecule has 0 atom stereocenters. The molecule has 0 aliphatic heterocycles. The van der Waals surface area contributed by atoms with Crippen molar-refractivity contribution in [3.8, 4) is 0 Å². The fourth-order valence-electron chi connectivity index (χ4n) is 2.18. The van der Waals surface area contributed by atoms with Crippen LogP contribution in [0.1, 0.15) is 12.5 Å². The first-order chi connectivity index (χ1) is 13.5. The molecule has 0 saturated heterocycles. The Morgan fingerprint density at radius 1 is 1.29 bits per heavy atom. The van der Waals surface area contributed by atoms with Crippen molar-refractivity contribution in [3.05, 3.63) is 66.0 Å². The molecule has 9 heteroatoms. The second kappa shape index (κ2) is 10.7. The molecule has 28 heavy (non-hydrogen) atoms. The summed E-state index contributed by atoms with van der Waals surface area (Å²) in [7, 11) is 0. The number of hydrazine groups is 1. The molecule has 0 aliphatic carbocycles. The largest absolute Gasteiger partial charge is 0.350 e. The van der Waals surface area contributed by atoms with Gasteiger partial charge in [0, 0.05) is 43.2 Å². The fraction of sp³-hybridized carbons (Fsp3) is 0.211. The van der Waals surface area contributed by atoms with Gasteiger partial charge in [0.2, 0.25) is 5.91 Å². The molecule has 148 valence electrons. The molecule has 1 aromatic heterocycles. The van der Waals surface area contributed by atoms with E-state index < -0.39 is 17.5 Å². The zero-order chi connectivity index (χ0) is 20.4. The van der Waals surface area contributed by atoms with Crippen molar-refractivity contribution >= 4 is 24.3 Å². The number of halogens is 2. The van der Waals surface area contributed by atoms with Gasteiger partial charge in [-0.15, -0.1) is 0 Å². The number of rotatable bonds is 9. The van der Waals surface area contributed by atoms with Crippen LogP contribution in [0.2, 0.25) is 0 Å². The lowest BCUT2D eigenvalue weighted by atomic mass is 10.2. The van der Waals surface area contributed by atoms with E-state index in [9.17, 15) is 13.6 Å². The maximum Gasteiger partial charge on any atom is 0.242 e. The zero-order valence-electron chi connectivity index (χ0n) is 15.5. The Balaban J connectivity index is 2.02. The maximum atomic E-state index is 13.6. The fourth-order valence-corrected chi connectivity index (χ4v) is 2.18. The average Bonchev–Trinajstić information content (AvgIpc) is 3.21. The third-order valence-corrected chi connectivity index (χ3v) is 3.57. The molecule has 7 nitrogen and oxygen atoms in total. The summed E-state index contributed by atoms with van der Waals surface area (Å²) in [5, 5.41) is 2.55. The lowest BCUT2D eigenvalue weighted by Gasteiger charge is -2.09. The molecule has 1 aromatic carbocycles. The number of nitrogens with zero attached hydrogens (tertiary/aromatic N) is 3. The standard InChI is InChI=1S/C19H22F2N6O/c1-3-25-26-17(11-18(22-2)27-8-4-5-9-27)23-13-19(28)24-12-14-6-7-15(20)10-16(14)21/h4-11,25H,2-3,12-13H2,1H3,(H,23,26)(H,24,28)/b18-11+. The van der Waals surface area contributed by atoms with Crippen LogP contribution in [0.15, 0.2) is 58.8 Å². The molecule has 0 bridgehead atoms. The summed E-state index contributed by atoms with van der Waals surface area (Å²) in [5.74, 6) is -0.905. The molecule has 0 aliphatic rings. The van der Waals surface area contributed by atoms with Gasteiger partial charge in [-0.25, -0.2) is 19.2 Å². The van der Waals surface area contributed by atoms with Gasteiger partial charge in [0.25, 0.3) is 0 Å². The third kappa shape index (κ3) is 6.44. The number of hydrogen-bond acceptors (Lipinski definition) is 4. The molecule has 0 spiro atoms. The summed E-state index contributed by atoms with van der Waals surface area (Å²) in [5.41, 5.74) is 5.98. The van der Waals surface area contributed by atoms with E-state index in [0.29, 0.717) is 18.2 Å². The summed E-state index contributed by atoms with van der Waals surface area (Å²) >= 11 is 0. The van der Waals surface area contributed by atoms with Gasteiger partial charge in [-0.05, 0) is 24.9 Å². The van der Waals surface area contributed by atoms with Crippen molar-refractivity contribution in [2.24, 2.45) is 9.98 Å². The summed E-state index contributed by atoms with van der Waals surface area (Å²) in [6, 6.07) is 6.88. The summed E-state index contributed by atoms with van der Waals surface area (Å²) in [6.07, 6.45) is 5.23. The van der Waals surface area contributed by atoms with Crippen LogP contribution in [0.3, 0.4) is 0 Å². The van der Waals surface area contributed by atoms with Gasteiger partial charge < -0.3 is 15.3 Å². The smallest absolute Gasteiger partial charge is 0.242 e. The Morgan fingerprint density at radius 2 is 2.04 bits per heavy atom. The molecule has 2 aromatic rings. The Kier molecular flexibility index (Phi) is 8.04. The second-order valence-electron chi connectivity index (χ2n) is 5.62. The lowest BCUT2D eigenvalue weighted by molar-refractivity contribution is -0.119. The summed E-state index contributed by atoms with van der Waals surface area (Å²) in [6.45, 7) is 5.82. The predicted octanol–water partition coefficient (Wildman–Crippen LogP) is 2.09. The van der Waals surface area contributed by atoms with E-state index in [1.54, 1.807) is 23.0 Å².